The number of carbonyl (C=O) groups is 1. The molecule has 33 heavy (non-hydrogen) atoms. The van der Waals surface area contributed by atoms with Crippen molar-refractivity contribution in [3.05, 3.63) is 22.6 Å². The van der Waals surface area contributed by atoms with E-state index in [1.807, 2.05) is 9.47 Å². The maximum atomic E-state index is 12.8. The highest BCUT2D eigenvalue weighted by molar-refractivity contribution is 5.87. The Morgan fingerprint density at radius 1 is 1.06 bits per heavy atom. The Bertz CT molecular complexity index is 1050. The molecule has 9 heteroatoms. The fourth-order valence-corrected chi connectivity index (χ4v) is 5.62. The van der Waals surface area contributed by atoms with Crippen LogP contribution in [-0.4, -0.2) is 57.7 Å². The number of pyridine rings is 1. The van der Waals surface area contributed by atoms with Gasteiger partial charge in [0.05, 0.1) is 18.6 Å². The molecule has 0 unspecified atom stereocenters. The predicted octanol–water partition coefficient (Wildman–Crippen LogP) is 2.71. The Hall–Kier alpha value is -2.68. The van der Waals surface area contributed by atoms with Crippen molar-refractivity contribution in [1.29, 1.82) is 0 Å². The number of aromatic nitrogens is 3. The van der Waals surface area contributed by atoms with Crippen molar-refractivity contribution in [3.63, 3.8) is 0 Å². The molecule has 0 bridgehead atoms. The van der Waals surface area contributed by atoms with Gasteiger partial charge in [0.15, 0.2) is 5.65 Å². The van der Waals surface area contributed by atoms with Crippen molar-refractivity contribution in [2.75, 3.05) is 37.4 Å². The lowest BCUT2D eigenvalue weighted by atomic mass is 9.85. The molecule has 0 spiro atoms. The van der Waals surface area contributed by atoms with E-state index in [9.17, 15) is 9.59 Å². The number of amides is 1. The molecule has 2 aromatic rings. The third-order valence-electron chi connectivity index (χ3n) is 7.50. The Morgan fingerprint density at radius 3 is 2.52 bits per heavy atom. The van der Waals surface area contributed by atoms with E-state index in [-0.39, 0.29) is 29.5 Å². The fourth-order valence-electron chi connectivity index (χ4n) is 5.62. The zero-order valence-electron chi connectivity index (χ0n) is 19.2. The summed E-state index contributed by atoms with van der Waals surface area (Å²) < 4.78 is 7.19. The molecule has 1 aliphatic heterocycles. The molecular weight excluding hydrogens is 420 g/mol. The molecule has 2 aliphatic carbocycles. The number of nitrogens with one attached hydrogen (secondary N) is 1. The SMILES string of the molecule is Nc1cc(=O)n(C2CCCCC2)c2nc(N[C@H]3CC[C@H](C(=O)N4CCOCC4)CC3)ncc12. The Morgan fingerprint density at radius 2 is 1.79 bits per heavy atom. The highest BCUT2D eigenvalue weighted by Gasteiger charge is 2.30. The van der Waals surface area contributed by atoms with Gasteiger partial charge in [-0.3, -0.25) is 14.2 Å². The van der Waals surface area contributed by atoms with E-state index in [2.05, 4.69) is 10.3 Å². The topological polar surface area (TPSA) is 115 Å². The summed E-state index contributed by atoms with van der Waals surface area (Å²) in [6, 6.07) is 1.88. The highest BCUT2D eigenvalue weighted by Crippen LogP contribution is 2.31. The van der Waals surface area contributed by atoms with Gasteiger partial charge in [0.1, 0.15) is 0 Å². The van der Waals surface area contributed by atoms with Crippen molar-refractivity contribution >= 4 is 28.6 Å². The maximum absolute atomic E-state index is 12.8. The Kier molecular flexibility index (Phi) is 6.48. The van der Waals surface area contributed by atoms with Gasteiger partial charge >= 0.3 is 0 Å². The minimum atomic E-state index is -0.0846. The molecule has 178 valence electrons. The van der Waals surface area contributed by atoms with E-state index in [1.54, 1.807) is 6.20 Å². The molecule has 5 rings (SSSR count). The van der Waals surface area contributed by atoms with Gasteiger partial charge in [-0.2, -0.15) is 4.98 Å². The van der Waals surface area contributed by atoms with Crippen LogP contribution in [0.2, 0.25) is 0 Å². The number of rotatable bonds is 4. The number of anilines is 2. The first-order valence-corrected chi connectivity index (χ1v) is 12.4. The summed E-state index contributed by atoms with van der Waals surface area (Å²) in [7, 11) is 0. The third kappa shape index (κ3) is 4.69. The van der Waals surface area contributed by atoms with Crippen LogP contribution < -0.4 is 16.6 Å². The predicted molar refractivity (Wildman–Crippen MR) is 127 cm³/mol. The van der Waals surface area contributed by atoms with Gasteiger partial charge in [0.2, 0.25) is 11.9 Å². The summed E-state index contributed by atoms with van der Waals surface area (Å²) in [6.45, 7) is 2.68. The molecule has 1 saturated heterocycles. The number of ether oxygens (including phenoxy) is 1. The van der Waals surface area contributed by atoms with Gasteiger partial charge in [0.25, 0.3) is 5.56 Å². The van der Waals surface area contributed by atoms with Crippen LogP contribution in [0.1, 0.15) is 63.8 Å². The maximum Gasteiger partial charge on any atom is 0.254 e. The second-order valence-electron chi connectivity index (χ2n) is 9.66. The average molecular weight is 455 g/mol. The van der Waals surface area contributed by atoms with Crippen molar-refractivity contribution in [2.24, 2.45) is 5.92 Å². The lowest BCUT2D eigenvalue weighted by molar-refractivity contribution is -0.140. The lowest BCUT2D eigenvalue weighted by Crippen LogP contribution is -2.45. The van der Waals surface area contributed by atoms with Gasteiger partial charge in [-0.25, -0.2) is 4.98 Å². The van der Waals surface area contributed by atoms with Gasteiger partial charge < -0.3 is 20.7 Å². The van der Waals surface area contributed by atoms with Crippen molar-refractivity contribution in [3.8, 4) is 0 Å². The van der Waals surface area contributed by atoms with Crippen LogP contribution in [0.5, 0.6) is 0 Å². The first-order valence-electron chi connectivity index (χ1n) is 12.4. The van der Waals surface area contributed by atoms with Crippen LogP contribution in [0.4, 0.5) is 11.6 Å². The first-order chi connectivity index (χ1) is 16.1. The van der Waals surface area contributed by atoms with Crippen LogP contribution in [-0.2, 0) is 9.53 Å². The lowest BCUT2D eigenvalue weighted by Gasteiger charge is -2.34. The van der Waals surface area contributed by atoms with Crippen LogP contribution in [0, 0.1) is 5.92 Å². The molecule has 2 aromatic heterocycles. The Balaban J connectivity index is 1.29. The summed E-state index contributed by atoms with van der Waals surface area (Å²) in [5, 5.41) is 4.19. The number of nitrogen functional groups attached to an aromatic ring is 1. The highest BCUT2D eigenvalue weighted by atomic mass is 16.5. The summed E-state index contributed by atoms with van der Waals surface area (Å²) >= 11 is 0. The number of hydrogen-bond acceptors (Lipinski definition) is 7. The standard InChI is InChI=1S/C24H34N6O3/c25-20-14-21(31)30(18-4-2-1-3-5-18)22-19(20)15-26-24(28-22)27-17-8-6-16(7-9-17)23(32)29-10-12-33-13-11-29/h14-18H,1-13,25H2,(H,26,27,28)/t16-,17-. The largest absolute Gasteiger partial charge is 0.398 e. The van der Waals surface area contributed by atoms with E-state index in [0.717, 1.165) is 56.8 Å². The zero-order chi connectivity index (χ0) is 22.8. The van der Waals surface area contributed by atoms with Crippen LogP contribution in [0.15, 0.2) is 17.1 Å². The first kappa shape index (κ1) is 22.1. The summed E-state index contributed by atoms with van der Waals surface area (Å²) in [4.78, 5) is 36.9. The number of nitrogens with two attached hydrogens (primary N) is 1. The van der Waals surface area contributed by atoms with Gasteiger partial charge in [0, 0.05) is 49.0 Å². The molecule has 0 aromatic carbocycles. The Labute approximate surface area is 193 Å². The molecular formula is C24H34N6O3. The van der Waals surface area contributed by atoms with Crippen molar-refractivity contribution in [1.82, 2.24) is 19.4 Å². The molecule has 0 atom stereocenters. The number of morpholine rings is 1. The number of fused-ring (bicyclic) bond motifs is 1. The third-order valence-corrected chi connectivity index (χ3v) is 7.50. The molecule has 2 saturated carbocycles. The summed E-state index contributed by atoms with van der Waals surface area (Å²) in [6.07, 6.45) is 10.7. The van der Waals surface area contributed by atoms with Crippen LogP contribution >= 0.6 is 0 Å². The minimum Gasteiger partial charge on any atom is -0.398 e. The zero-order valence-corrected chi connectivity index (χ0v) is 19.2. The normalized spacial score (nSPS) is 24.7. The molecule has 3 fully saturated rings. The van der Waals surface area contributed by atoms with E-state index >= 15 is 0 Å². The molecule has 0 radical (unpaired) electrons. The van der Waals surface area contributed by atoms with E-state index in [1.165, 1.54) is 12.5 Å². The quantitative estimate of drug-likeness (QED) is 0.730. The van der Waals surface area contributed by atoms with Crippen molar-refractivity contribution < 1.29 is 9.53 Å². The monoisotopic (exact) mass is 454 g/mol. The molecule has 3 aliphatic rings. The molecule has 3 N–H and O–H groups in total. The number of carbonyl (C=O) groups excluding carboxylic acids is 1. The average Bonchev–Trinajstić information content (AvgIpc) is 2.85. The van der Waals surface area contributed by atoms with E-state index in [0.29, 0.717) is 43.6 Å². The van der Waals surface area contributed by atoms with Crippen LogP contribution in [0.3, 0.4) is 0 Å². The second kappa shape index (κ2) is 9.67. The van der Waals surface area contributed by atoms with E-state index in [4.69, 9.17) is 15.5 Å². The minimum absolute atomic E-state index is 0.0846. The summed E-state index contributed by atoms with van der Waals surface area (Å²) in [5.74, 6) is 0.889. The van der Waals surface area contributed by atoms with Crippen LogP contribution in [0.25, 0.3) is 11.0 Å². The van der Waals surface area contributed by atoms with Gasteiger partial charge in [-0.15, -0.1) is 0 Å². The van der Waals surface area contributed by atoms with Crippen molar-refractivity contribution in [2.45, 2.75) is 69.9 Å². The fraction of sp³-hybridized carbons (Fsp3) is 0.667. The smallest absolute Gasteiger partial charge is 0.254 e. The summed E-state index contributed by atoms with van der Waals surface area (Å²) in [5.41, 5.74) is 7.11. The van der Waals surface area contributed by atoms with E-state index < -0.39 is 0 Å². The second-order valence-corrected chi connectivity index (χ2v) is 9.66. The number of hydrogen-bond donors (Lipinski definition) is 2. The number of nitrogens with zero attached hydrogens (tertiary/aromatic N) is 4. The molecule has 9 nitrogen and oxygen atoms in total. The van der Waals surface area contributed by atoms with Gasteiger partial charge in [-0.05, 0) is 38.5 Å². The molecule has 3 heterocycles. The molecule has 1 amide bonds. The van der Waals surface area contributed by atoms with Gasteiger partial charge in [-0.1, -0.05) is 19.3 Å².